The van der Waals surface area contributed by atoms with Crippen LogP contribution in [0.15, 0.2) is 35.2 Å². The Hall–Kier alpha value is -2.32. The highest BCUT2D eigenvalue weighted by Gasteiger charge is 2.09. The van der Waals surface area contributed by atoms with E-state index in [0.717, 1.165) is 0 Å². The molecule has 1 heterocycles. The summed E-state index contributed by atoms with van der Waals surface area (Å²) in [5.74, 6) is 0.139. The fourth-order valence-corrected chi connectivity index (χ4v) is 1.63. The van der Waals surface area contributed by atoms with Crippen molar-refractivity contribution in [1.29, 1.82) is 5.26 Å². The number of hydrogen-bond acceptors (Lipinski definition) is 4. The van der Waals surface area contributed by atoms with E-state index in [1.54, 1.807) is 24.3 Å². The molecule has 2 aromatic rings. The molecule has 1 aromatic heterocycles. The van der Waals surface area contributed by atoms with E-state index in [2.05, 4.69) is 10.3 Å². The van der Waals surface area contributed by atoms with E-state index in [0.29, 0.717) is 22.0 Å². The van der Waals surface area contributed by atoms with Gasteiger partial charge >= 0.3 is 0 Å². The molecule has 1 N–H and O–H groups in total. The minimum absolute atomic E-state index is 0.194. The third-order valence-corrected chi connectivity index (χ3v) is 2.52. The number of oxazole rings is 1. The van der Waals surface area contributed by atoms with Crippen molar-refractivity contribution in [3.63, 3.8) is 0 Å². The molecule has 0 spiro atoms. The molecular formula is C12H8ClN3O2. The van der Waals surface area contributed by atoms with E-state index in [-0.39, 0.29) is 12.3 Å². The summed E-state index contributed by atoms with van der Waals surface area (Å²) in [7, 11) is 0. The van der Waals surface area contributed by atoms with E-state index in [4.69, 9.17) is 21.3 Å². The summed E-state index contributed by atoms with van der Waals surface area (Å²) in [6.45, 7) is 0. The highest BCUT2D eigenvalue weighted by atomic mass is 35.5. The number of rotatable bonds is 3. The zero-order chi connectivity index (χ0) is 13.0. The van der Waals surface area contributed by atoms with Crippen LogP contribution >= 0.6 is 11.6 Å². The molecule has 0 aliphatic heterocycles. The minimum atomic E-state index is -0.372. The number of nitriles is 1. The van der Waals surface area contributed by atoms with Gasteiger partial charge in [0.05, 0.1) is 17.3 Å². The second-order valence-electron chi connectivity index (χ2n) is 3.44. The van der Waals surface area contributed by atoms with Crippen LogP contribution in [0.1, 0.15) is 6.42 Å². The lowest BCUT2D eigenvalue weighted by Crippen LogP contribution is -2.09. The number of nitrogens with one attached hydrogen (secondary N) is 1. The van der Waals surface area contributed by atoms with Crippen LogP contribution in [0, 0.1) is 11.3 Å². The maximum Gasteiger partial charge on any atom is 0.238 e. The third kappa shape index (κ3) is 2.67. The first-order valence-corrected chi connectivity index (χ1v) is 5.43. The second kappa shape index (κ2) is 5.34. The molecule has 0 aliphatic rings. The monoisotopic (exact) mass is 261 g/mol. The molecule has 0 unspecified atom stereocenters. The molecule has 5 nitrogen and oxygen atoms in total. The molecule has 0 saturated heterocycles. The summed E-state index contributed by atoms with van der Waals surface area (Å²) in [6.07, 6.45) is 2.63. The summed E-state index contributed by atoms with van der Waals surface area (Å²) in [6, 6.07) is 6.73. The molecule has 0 saturated carbocycles. The van der Waals surface area contributed by atoms with Crippen molar-refractivity contribution in [2.24, 2.45) is 0 Å². The SMILES string of the molecule is N#CCC(=O)Nc1ccc(Cl)c(-c2cnco2)c1. The van der Waals surface area contributed by atoms with E-state index in [1.807, 2.05) is 0 Å². The molecule has 1 amide bonds. The van der Waals surface area contributed by atoms with Crippen molar-refractivity contribution in [2.75, 3.05) is 5.32 Å². The fraction of sp³-hybridized carbons (Fsp3) is 0.0833. The lowest BCUT2D eigenvalue weighted by molar-refractivity contribution is -0.115. The standard InChI is InChI=1S/C12H8ClN3O2/c13-10-2-1-8(16-12(17)3-4-14)5-9(10)11-6-15-7-18-11/h1-2,5-7H,3H2,(H,16,17). The molecular weight excluding hydrogens is 254 g/mol. The highest BCUT2D eigenvalue weighted by molar-refractivity contribution is 6.33. The van der Waals surface area contributed by atoms with Crippen molar-refractivity contribution in [3.8, 4) is 17.4 Å². The van der Waals surface area contributed by atoms with Crippen LogP contribution in [0.25, 0.3) is 11.3 Å². The van der Waals surface area contributed by atoms with Crippen molar-refractivity contribution < 1.29 is 9.21 Å². The smallest absolute Gasteiger partial charge is 0.238 e. The van der Waals surface area contributed by atoms with Gasteiger partial charge in [-0.2, -0.15) is 5.26 Å². The molecule has 0 fully saturated rings. The minimum Gasteiger partial charge on any atom is -0.443 e. The summed E-state index contributed by atoms with van der Waals surface area (Å²) < 4.78 is 5.15. The van der Waals surface area contributed by atoms with Crippen LogP contribution < -0.4 is 5.32 Å². The third-order valence-electron chi connectivity index (χ3n) is 2.19. The zero-order valence-electron chi connectivity index (χ0n) is 9.18. The highest BCUT2D eigenvalue weighted by Crippen LogP contribution is 2.30. The van der Waals surface area contributed by atoms with Crippen LogP contribution in [-0.4, -0.2) is 10.9 Å². The molecule has 0 radical (unpaired) electrons. The lowest BCUT2D eigenvalue weighted by atomic mass is 10.1. The Bertz CT molecular complexity index is 602. The summed E-state index contributed by atoms with van der Waals surface area (Å²) in [5.41, 5.74) is 1.18. The van der Waals surface area contributed by atoms with Crippen LogP contribution in [0.3, 0.4) is 0 Å². The van der Waals surface area contributed by atoms with Gasteiger partial charge in [-0.15, -0.1) is 0 Å². The van der Waals surface area contributed by atoms with Crippen molar-refractivity contribution >= 4 is 23.2 Å². The van der Waals surface area contributed by atoms with Gasteiger partial charge in [-0.25, -0.2) is 4.98 Å². The molecule has 1 aromatic carbocycles. The molecule has 18 heavy (non-hydrogen) atoms. The number of aromatic nitrogens is 1. The quantitative estimate of drug-likeness (QED) is 0.921. The number of carbonyl (C=O) groups excluding carboxylic acids is 1. The first kappa shape index (κ1) is 12.1. The average molecular weight is 262 g/mol. The Morgan fingerprint density at radius 1 is 1.56 bits per heavy atom. The van der Waals surface area contributed by atoms with Gasteiger partial charge in [0.1, 0.15) is 6.42 Å². The Labute approximate surface area is 108 Å². The Balaban J connectivity index is 2.28. The predicted molar refractivity (Wildman–Crippen MR) is 65.8 cm³/mol. The number of halogens is 1. The van der Waals surface area contributed by atoms with E-state index < -0.39 is 0 Å². The first-order chi connectivity index (χ1) is 8.70. The molecule has 0 aliphatic carbocycles. The van der Waals surface area contributed by atoms with E-state index in [9.17, 15) is 4.79 Å². The van der Waals surface area contributed by atoms with Gasteiger partial charge in [0.15, 0.2) is 12.2 Å². The van der Waals surface area contributed by atoms with Crippen LogP contribution in [0.5, 0.6) is 0 Å². The van der Waals surface area contributed by atoms with Gasteiger partial charge in [0.25, 0.3) is 0 Å². The van der Waals surface area contributed by atoms with E-state index in [1.165, 1.54) is 12.6 Å². The van der Waals surface area contributed by atoms with Crippen LogP contribution in [-0.2, 0) is 4.79 Å². The molecule has 90 valence electrons. The number of anilines is 1. The average Bonchev–Trinajstić information content (AvgIpc) is 2.85. The predicted octanol–water partition coefficient (Wildman–Crippen LogP) is 2.85. The molecule has 2 rings (SSSR count). The largest absolute Gasteiger partial charge is 0.443 e. The maximum absolute atomic E-state index is 11.3. The van der Waals surface area contributed by atoms with Gasteiger partial charge in [0, 0.05) is 11.3 Å². The van der Waals surface area contributed by atoms with Crippen molar-refractivity contribution in [1.82, 2.24) is 4.98 Å². The maximum atomic E-state index is 11.3. The van der Waals surface area contributed by atoms with Gasteiger partial charge in [-0.3, -0.25) is 4.79 Å². The van der Waals surface area contributed by atoms with Gasteiger partial charge in [0.2, 0.25) is 5.91 Å². The number of amides is 1. The normalized spacial score (nSPS) is 9.78. The Kier molecular flexibility index (Phi) is 3.60. The van der Waals surface area contributed by atoms with Crippen LogP contribution in [0.2, 0.25) is 5.02 Å². The molecule has 6 heteroatoms. The fourth-order valence-electron chi connectivity index (χ4n) is 1.42. The number of nitrogens with zero attached hydrogens (tertiary/aromatic N) is 2. The first-order valence-electron chi connectivity index (χ1n) is 5.06. The molecule has 0 bridgehead atoms. The topological polar surface area (TPSA) is 78.9 Å². The van der Waals surface area contributed by atoms with Gasteiger partial charge in [-0.1, -0.05) is 11.6 Å². The Morgan fingerprint density at radius 2 is 2.39 bits per heavy atom. The number of benzene rings is 1. The summed E-state index contributed by atoms with van der Waals surface area (Å²) in [5, 5.41) is 11.5. The van der Waals surface area contributed by atoms with Gasteiger partial charge < -0.3 is 9.73 Å². The summed E-state index contributed by atoms with van der Waals surface area (Å²) in [4.78, 5) is 15.1. The van der Waals surface area contributed by atoms with E-state index >= 15 is 0 Å². The Morgan fingerprint density at radius 3 is 3.06 bits per heavy atom. The zero-order valence-corrected chi connectivity index (χ0v) is 9.94. The van der Waals surface area contributed by atoms with Crippen molar-refractivity contribution in [3.05, 3.63) is 35.8 Å². The van der Waals surface area contributed by atoms with Crippen LogP contribution in [0.4, 0.5) is 5.69 Å². The lowest BCUT2D eigenvalue weighted by Gasteiger charge is -2.06. The second-order valence-corrected chi connectivity index (χ2v) is 3.85. The number of carbonyl (C=O) groups is 1. The molecule has 0 atom stereocenters. The van der Waals surface area contributed by atoms with Gasteiger partial charge in [-0.05, 0) is 18.2 Å². The summed E-state index contributed by atoms with van der Waals surface area (Å²) >= 11 is 6.03. The number of hydrogen-bond donors (Lipinski definition) is 1. The van der Waals surface area contributed by atoms with Crippen molar-refractivity contribution in [2.45, 2.75) is 6.42 Å².